The van der Waals surface area contributed by atoms with Crippen molar-refractivity contribution in [2.24, 2.45) is 0 Å². The molecule has 3 atom stereocenters. The predicted octanol–water partition coefficient (Wildman–Crippen LogP) is 1.82. The number of ether oxygens (including phenoxy) is 1. The number of fused-ring (bicyclic) bond motifs is 1. The summed E-state index contributed by atoms with van der Waals surface area (Å²) in [5.41, 5.74) is 0.689. The van der Waals surface area contributed by atoms with Gasteiger partial charge in [-0.05, 0) is 66.1 Å². The van der Waals surface area contributed by atoms with Crippen molar-refractivity contribution in [3.8, 4) is 5.69 Å². The van der Waals surface area contributed by atoms with E-state index in [4.69, 9.17) is 4.74 Å². The average Bonchev–Trinajstić information content (AvgIpc) is 3.83. The van der Waals surface area contributed by atoms with Crippen molar-refractivity contribution in [2.45, 2.75) is 68.2 Å². The van der Waals surface area contributed by atoms with Crippen molar-refractivity contribution in [1.82, 2.24) is 46.2 Å². The zero-order valence-electron chi connectivity index (χ0n) is 27.8. The van der Waals surface area contributed by atoms with Crippen LogP contribution in [-0.2, 0) is 35.1 Å². The van der Waals surface area contributed by atoms with Crippen molar-refractivity contribution in [1.29, 1.82) is 0 Å². The molecule has 0 radical (unpaired) electrons. The number of nitrogens with zero attached hydrogens (tertiary/aromatic N) is 6. The molecule has 16 nitrogen and oxygen atoms in total. The maximum atomic E-state index is 13.9. The molecule has 1 aromatic carbocycles. The number of urea groups is 1. The lowest BCUT2D eigenvalue weighted by molar-refractivity contribution is -0.176. The van der Waals surface area contributed by atoms with E-state index in [9.17, 15) is 28.8 Å². The highest BCUT2D eigenvalue weighted by molar-refractivity contribution is 7.99. The van der Waals surface area contributed by atoms with Crippen LogP contribution in [0.15, 0.2) is 65.7 Å². The van der Waals surface area contributed by atoms with Gasteiger partial charge in [0, 0.05) is 30.8 Å². The van der Waals surface area contributed by atoms with E-state index in [1.54, 1.807) is 23.5 Å². The number of nitrogens with one attached hydrogen (secondary N) is 3. The van der Waals surface area contributed by atoms with Crippen LogP contribution in [0.25, 0.3) is 5.69 Å². The van der Waals surface area contributed by atoms with Crippen LogP contribution in [0, 0.1) is 0 Å². The molecule has 2 aliphatic heterocycles. The highest BCUT2D eigenvalue weighted by Crippen LogP contribution is 2.26. The quantitative estimate of drug-likeness (QED) is 0.110. The van der Waals surface area contributed by atoms with E-state index >= 15 is 0 Å². The summed E-state index contributed by atoms with van der Waals surface area (Å²) in [6.45, 7) is 4.09. The molecular formula is C33H39N9O7S2. The van der Waals surface area contributed by atoms with Gasteiger partial charge in [0.25, 0.3) is 5.91 Å². The predicted molar refractivity (Wildman–Crippen MR) is 186 cm³/mol. The highest BCUT2D eigenvalue weighted by Gasteiger charge is 2.45. The third kappa shape index (κ3) is 10.0. The van der Waals surface area contributed by atoms with Gasteiger partial charge in [-0.25, -0.2) is 9.80 Å². The number of amides is 5. The number of hydrazine groups is 1. The number of rotatable bonds is 16. The number of Topliss-reactive ketones (excluding diaryl/α,β-unsaturated/α-hetero) is 1. The number of tetrazole rings is 1. The Kier molecular flexibility index (Phi) is 13.3. The zero-order chi connectivity index (χ0) is 36.2. The first-order chi connectivity index (χ1) is 24.7. The summed E-state index contributed by atoms with van der Waals surface area (Å²) in [5.74, 6) is -2.77. The average molecular weight is 738 g/mol. The SMILES string of the molecule is C=CCOC(=O)CC[C@H](NC(=O)[C@@H]1CCCN2C(=O)CC[C@H](NC(=O)NCCc3cccs3)C(=O)N12)C(=O)CSc1nnnn1-c1ccccc1. The van der Waals surface area contributed by atoms with Crippen LogP contribution < -0.4 is 16.0 Å². The third-order valence-corrected chi connectivity index (χ3v) is 10.1. The van der Waals surface area contributed by atoms with Crippen molar-refractivity contribution < 1.29 is 33.5 Å². The van der Waals surface area contributed by atoms with Gasteiger partial charge < -0.3 is 20.7 Å². The summed E-state index contributed by atoms with van der Waals surface area (Å²) in [4.78, 5) is 80.8. The van der Waals surface area contributed by atoms with Gasteiger partial charge in [-0.15, -0.1) is 16.4 Å². The fourth-order valence-corrected chi connectivity index (χ4v) is 7.21. The van der Waals surface area contributed by atoms with Gasteiger partial charge in [-0.2, -0.15) is 4.68 Å². The lowest BCUT2D eigenvalue weighted by Crippen LogP contribution is -2.64. The summed E-state index contributed by atoms with van der Waals surface area (Å²) < 4.78 is 6.55. The van der Waals surface area contributed by atoms with Crippen LogP contribution in [0.1, 0.15) is 43.4 Å². The number of carbonyl (C=O) groups excluding carboxylic acids is 6. The van der Waals surface area contributed by atoms with Crippen LogP contribution in [-0.4, -0.2) is 109 Å². The topological polar surface area (TPSA) is 198 Å². The van der Waals surface area contributed by atoms with Crippen LogP contribution >= 0.6 is 23.1 Å². The van der Waals surface area contributed by atoms with E-state index in [-0.39, 0.29) is 56.9 Å². The van der Waals surface area contributed by atoms with Crippen LogP contribution in [0.5, 0.6) is 0 Å². The van der Waals surface area contributed by atoms with E-state index in [2.05, 4.69) is 38.1 Å². The molecule has 0 bridgehead atoms. The molecule has 5 amide bonds. The molecular weight excluding hydrogens is 699 g/mol. The number of thiophene rings is 1. The Morgan fingerprint density at radius 3 is 2.71 bits per heavy atom. The van der Waals surface area contributed by atoms with Gasteiger partial charge in [0.1, 0.15) is 18.7 Å². The van der Waals surface area contributed by atoms with Crippen molar-refractivity contribution in [2.75, 3.05) is 25.4 Å². The Labute approximate surface area is 302 Å². The van der Waals surface area contributed by atoms with Crippen molar-refractivity contribution in [3.05, 3.63) is 65.4 Å². The second kappa shape index (κ2) is 18.2. The first kappa shape index (κ1) is 37.2. The van der Waals surface area contributed by atoms with Gasteiger partial charge in [0.15, 0.2) is 5.78 Å². The normalized spacial score (nSPS) is 17.9. The Morgan fingerprint density at radius 1 is 1.12 bits per heavy atom. The number of hydrogen-bond donors (Lipinski definition) is 3. The molecule has 0 saturated carbocycles. The number of ketones is 1. The first-order valence-corrected chi connectivity index (χ1v) is 18.4. The Morgan fingerprint density at radius 2 is 1.94 bits per heavy atom. The lowest BCUT2D eigenvalue weighted by atomic mass is 10.0. The van der Waals surface area contributed by atoms with Gasteiger partial charge in [0.05, 0.1) is 17.5 Å². The molecule has 2 fully saturated rings. The number of aromatic nitrogens is 4. The third-order valence-electron chi connectivity index (χ3n) is 8.20. The van der Waals surface area contributed by atoms with Crippen LogP contribution in [0.2, 0.25) is 0 Å². The smallest absolute Gasteiger partial charge is 0.315 e. The van der Waals surface area contributed by atoms with E-state index < -0.39 is 47.7 Å². The maximum Gasteiger partial charge on any atom is 0.315 e. The minimum absolute atomic E-state index is 0.00727. The molecule has 2 aromatic heterocycles. The number of para-hydroxylation sites is 1. The van der Waals surface area contributed by atoms with Crippen molar-refractivity contribution in [3.63, 3.8) is 0 Å². The lowest BCUT2D eigenvalue weighted by Gasteiger charge is -2.43. The molecule has 270 valence electrons. The first-order valence-electron chi connectivity index (χ1n) is 16.5. The Bertz CT molecular complexity index is 1700. The van der Waals surface area contributed by atoms with Gasteiger partial charge in [0.2, 0.25) is 17.0 Å². The van der Waals surface area contributed by atoms with E-state index in [1.165, 1.54) is 15.8 Å². The fourth-order valence-electron chi connectivity index (χ4n) is 5.67. The molecule has 3 aromatic rings. The van der Waals surface area contributed by atoms with E-state index in [0.717, 1.165) is 21.6 Å². The number of hydrogen-bond acceptors (Lipinski definition) is 12. The standard InChI is InChI=1S/C33H39N9O7S2/c1-2-19-49-29(45)15-13-24(27(43)21-51-33-37-38-39-41(33)22-8-4-3-5-9-22)35-30(46)26-11-6-18-40-28(44)14-12-25(31(47)42(26)40)36-32(48)34-17-16-23-10-7-20-50-23/h2-5,7-10,20,24-26H,1,6,11-19,21H2,(H,35,46)(H2,34,36,48)/t24-,25-,26-/m0/s1. The van der Waals surface area contributed by atoms with E-state index in [0.29, 0.717) is 30.2 Å². The summed E-state index contributed by atoms with van der Waals surface area (Å²) in [6, 6.07) is 9.09. The van der Waals surface area contributed by atoms with Gasteiger partial charge in [-0.1, -0.05) is 48.7 Å². The molecule has 0 aliphatic carbocycles. The van der Waals surface area contributed by atoms with Crippen molar-refractivity contribution >= 4 is 58.6 Å². The maximum absolute atomic E-state index is 13.9. The number of carbonyl (C=O) groups is 6. The molecule has 18 heteroatoms. The summed E-state index contributed by atoms with van der Waals surface area (Å²) >= 11 is 2.63. The molecule has 3 N–H and O–H groups in total. The molecule has 4 heterocycles. The summed E-state index contributed by atoms with van der Waals surface area (Å²) in [7, 11) is 0. The summed E-state index contributed by atoms with van der Waals surface area (Å²) in [6.07, 6.45) is 2.48. The van der Waals surface area contributed by atoms with Crippen LogP contribution in [0.4, 0.5) is 4.79 Å². The monoisotopic (exact) mass is 737 g/mol. The molecule has 0 spiro atoms. The highest BCUT2D eigenvalue weighted by atomic mass is 32.2. The second-order valence-corrected chi connectivity index (χ2v) is 13.7. The zero-order valence-corrected chi connectivity index (χ0v) is 29.4. The number of benzene rings is 1. The van der Waals surface area contributed by atoms with Crippen LogP contribution in [0.3, 0.4) is 0 Å². The molecule has 2 aliphatic rings. The second-order valence-electron chi connectivity index (χ2n) is 11.7. The van der Waals surface area contributed by atoms with E-state index in [1.807, 2.05) is 35.7 Å². The number of thioether (sulfide) groups is 1. The fraction of sp³-hybridized carbons (Fsp3) is 0.424. The molecule has 51 heavy (non-hydrogen) atoms. The molecule has 0 unspecified atom stereocenters. The largest absolute Gasteiger partial charge is 0.461 e. The Balaban J connectivity index is 1.27. The number of esters is 1. The molecule has 2 saturated heterocycles. The minimum Gasteiger partial charge on any atom is -0.461 e. The van der Waals surface area contributed by atoms with Gasteiger partial charge in [-0.3, -0.25) is 29.0 Å². The molecule has 5 rings (SSSR count). The van der Waals surface area contributed by atoms with Gasteiger partial charge >= 0.3 is 12.0 Å². The summed E-state index contributed by atoms with van der Waals surface area (Å²) in [5, 5.41) is 24.6. The minimum atomic E-state index is -1.14. The Hall–Kier alpha value is -5.10.